The van der Waals surface area contributed by atoms with Gasteiger partial charge in [-0.25, -0.2) is 0 Å². The Bertz CT molecular complexity index is 781. The second-order valence-electron chi connectivity index (χ2n) is 7.48. The molecule has 0 saturated heterocycles. The van der Waals surface area contributed by atoms with Crippen LogP contribution in [0.3, 0.4) is 0 Å². The summed E-state index contributed by atoms with van der Waals surface area (Å²) in [5.74, 6) is 0.909. The lowest BCUT2D eigenvalue weighted by atomic mass is 9.82. The highest BCUT2D eigenvalue weighted by atomic mass is 16.5. The van der Waals surface area contributed by atoms with Crippen molar-refractivity contribution in [1.82, 2.24) is 0 Å². The summed E-state index contributed by atoms with van der Waals surface area (Å²) in [6.45, 7) is 0.267. The molecule has 32 heavy (non-hydrogen) atoms. The average Bonchev–Trinajstić information content (AvgIpc) is 2.83. The summed E-state index contributed by atoms with van der Waals surface area (Å²) in [5, 5.41) is 17.5. The van der Waals surface area contributed by atoms with E-state index in [0.717, 1.165) is 0 Å². The van der Waals surface area contributed by atoms with Gasteiger partial charge >= 0.3 is 11.9 Å². The Kier molecular flexibility index (Phi) is 8.89. The molecule has 0 spiro atoms. The molecule has 0 radical (unpaired) electrons. The fraction of sp³-hybridized carbons (Fsp3) is 0.417. The third-order valence-electron chi connectivity index (χ3n) is 5.20. The predicted octanol–water partition coefficient (Wildman–Crippen LogP) is 2.75. The molecule has 3 rings (SSSR count). The number of benzene rings is 2. The second-order valence-corrected chi connectivity index (χ2v) is 7.48. The molecule has 0 heterocycles. The smallest absolute Gasteiger partial charge is 0.314 e. The van der Waals surface area contributed by atoms with E-state index in [0.29, 0.717) is 48.7 Å². The summed E-state index contributed by atoms with van der Waals surface area (Å²) >= 11 is 0. The normalized spacial score (nSPS) is 17.9. The molecule has 2 aromatic rings. The van der Waals surface area contributed by atoms with Crippen LogP contribution in [0.2, 0.25) is 0 Å². The van der Waals surface area contributed by atoms with E-state index >= 15 is 0 Å². The van der Waals surface area contributed by atoms with Crippen LogP contribution in [-0.2, 0) is 9.59 Å². The highest BCUT2D eigenvalue weighted by Gasteiger charge is 2.32. The molecule has 0 bridgehead atoms. The molecule has 0 amide bonds. The van der Waals surface area contributed by atoms with Gasteiger partial charge in [0, 0.05) is 0 Å². The highest BCUT2D eigenvalue weighted by molar-refractivity contribution is 5.77. The van der Waals surface area contributed by atoms with E-state index < -0.39 is 0 Å². The minimum atomic E-state index is -0.306. The molecule has 0 aromatic heterocycles. The van der Waals surface area contributed by atoms with Crippen LogP contribution < -0.4 is 18.9 Å². The third kappa shape index (κ3) is 6.96. The standard InChI is InChI=1S/C24H28O8/c25-13-15-29-19-5-9-21(10-6-19)31-23(27)17-1-2-18(4-3-17)24(28)32-22-11-7-20(8-12-22)30-16-14-26/h5-12,17-18,25-26H,1-4,13-16H2. The second kappa shape index (κ2) is 12.1. The Labute approximate surface area is 186 Å². The van der Waals surface area contributed by atoms with E-state index in [2.05, 4.69) is 0 Å². The van der Waals surface area contributed by atoms with Gasteiger partial charge in [0.15, 0.2) is 0 Å². The Balaban J connectivity index is 1.42. The van der Waals surface area contributed by atoms with Crippen LogP contribution in [0.15, 0.2) is 48.5 Å². The molecule has 2 aromatic carbocycles. The molecular formula is C24H28O8. The zero-order valence-corrected chi connectivity index (χ0v) is 17.8. The van der Waals surface area contributed by atoms with Crippen LogP contribution in [0.5, 0.6) is 23.0 Å². The first-order valence-corrected chi connectivity index (χ1v) is 10.7. The number of aliphatic hydroxyl groups is 2. The van der Waals surface area contributed by atoms with Crippen LogP contribution in [-0.4, -0.2) is 48.6 Å². The number of ether oxygens (including phenoxy) is 4. The minimum absolute atomic E-state index is 0.0698. The summed E-state index contributed by atoms with van der Waals surface area (Å²) in [5.41, 5.74) is 0. The van der Waals surface area contributed by atoms with Gasteiger partial charge in [0.25, 0.3) is 0 Å². The fourth-order valence-electron chi connectivity index (χ4n) is 3.50. The molecule has 2 N–H and O–H groups in total. The molecule has 0 atom stereocenters. The Morgan fingerprint density at radius 3 is 1.25 bits per heavy atom. The van der Waals surface area contributed by atoms with Crippen LogP contribution in [0, 0.1) is 11.8 Å². The molecular weight excluding hydrogens is 416 g/mol. The van der Waals surface area contributed by atoms with Crippen molar-refractivity contribution in [2.24, 2.45) is 11.8 Å². The van der Waals surface area contributed by atoms with Gasteiger partial charge in [0.2, 0.25) is 0 Å². The summed E-state index contributed by atoms with van der Waals surface area (Å²) in [4.78, 5) is 24.9. The van der Waals surface area contributed by atoms with Gasteiger partial charge in [-0.3, -0.25) is 9.59 Å². The first-order valence-electron chi connectivity index (χ1n) is 10.7. The lowest BCUT2D eigenvalue weighted by molar-refractivity contribution is -0.145. The first kappa shape index (κ1) is 23.6. The van der Waals surface area contributed by atoms with Gasteiger partial charge in [-0.1, -0.05) is 0 Å². The third-order valence-corrected chi connectivity index (χ3v) is 5.20. The van der Waals surface area contributed by atoms with Gasteiger partial charge in [-0.2, -0.15) is 0 Å². The molecule has 0 aliphatic heterocycles. The molecule has 172 valence electrons. The molecule has 1 aliphatic carbocycles. The van der Waals surface area contributed by atoms with Crippen molar-refractivity contribution in [1.29, 1.82) is 0 Å². The minimum Gasteiger partial charge on any atom is -0.491 e. The van der Waals surface area contributed by atoms with E-state index in [4.69, 9.17) is 29.2 Å². The Morgan fingerprint density at radius 1 is 0.625 bits per heavy atom. The largest absolute Gasteiger partial charge is 0.491 e. The van der Waals surface area contributed by atoms with E-state index in [9.17, 15) is 9.59 Å². The number of carbonyl (C=O) groups excluding carboxylic acids is 2. The van der Waals surface area contributed by atoms with Crippen molar-refractivity contribution in [3.05, 3.63) is 48.5 Å². The van der Waals surface area contributed by atoms with Gasteiger partial charge in [0.05, 0.1) is 25.0 Å². The summed E-state index contributed by atoms with van der Waals surface area (Å²) < 4.78 is 21.5. The van der Waals surface area contributed by atoms with Crippen molar-refractivity contribution in [2.45, 2.75) is 25.7 Å². The molecule has 1 fully saturated rings. The molecule has 8 nitrogen and oxygen atoms in total. The van der Waals surface area contributed by atoms with E-state index in [1.165, 1.54) is 0 Å². The highest BCUT2D eigenvalue weighted by Crippen LogP contribution is 2.32. The lowest BCUT2D eigenvalue weighted by Crippen LogP contribution is -2.30. The zero-order chi connectivity index (χ0) is 22.8. The molecule has 8 heteroatoms. The fourth-order valence-corrected chi connectivity index (χ4v) is 3.50. The first-order chi connectivity index (χ1) is 15.6. The Morgan fingerprint density at radius 2 is 0.938 bits per heavy atom. The molecule has 1 aliphatic rings. The van der Waals surface area contributed by atoms with Gasteiger partial charge in [-0.15, -0.1) is 0 Å². The van der Waals surface area contributed by atoms with Crippen molar-refractivity contribution < 1.29 is 38.7 Å². The lowest BCUT2D eigenvalue weighted by Gasteiger charge is -2.25. The number of rotatable bonds is 10. The van der Waals surface area contributed by atoms with E-state index in [-0.39, 0.29) is 50.2 Å². The number of esters is 2. The predicted molar refractivity (Wildman–Crippen MR) is 115 cm³/mol. The monoisotopic (exact) mass is 444 g/mol. The summed E-state index contributed by atoms with van der Waals surface area (Å²) in [6, 6.07) is 13.3. The van der Waals surface area contributed by atoms with Crippen molar-refractivity contribution >= 4 is 11.9 Å². The van der Waals surface area contributed by atoms with Crippen molar-refractivity contribution in [2.75, 3.05) is 26.4 Å². The van der Waals surface area contributed by atoms with Gasteiger partial charge < -0.3 is 29.2 Å². The quantitative estimate of drug-likeness (QED) is 0.425. The number of aliphatic hydroxyl groups excluding tert-OH is 2. The van der Waals surface area contributed by atoms with Crippen LogP contribution in [0.1, 0.15) is 25.7 Å². The molecule has 1 saturated carbocycles. The number of hydrogen-bond acceptors (Lipinski definition) is 8. The van der Waals surface area contributed by atoms with Crippen LogP contribution in [0.25, 0.3) is 0 Å². The van der Waals surface area contributed by atoms with E-state index in [1.807, 2.05) is 0 Å². The number of hydrogen-bond donors (Lipinski definition) is 2. The summed E-state index contributed by atoms with van der Waals surface area (Å²) in [7, 11) is 0. The Hall–Kier alpha value is -3.10. The maximum absolute atomic E-state index is 12.5. The van der Waals surface area contributed by atoms with Crippen molar-refractivity contribution in [3.8, 4) is 23.0 Å². The average molecular weight is 444 g/mol. The van der Waals surface area contributed by atoms with Crippen LogP contribution in [0.4, 0.5) is 0 Å². The maximum Gasteiger partial charge on any atom is 0.314 e. The maximum atomic E-state index is 12.5. The molecule has 0 unspecified atom stereocenters. The van der Waals surface area contributed by atoms with Gasteiger partial charge in [-0.05, 0) is 74.2 Å². The zero-order valence-electron chi connectivity index (χ0n) is 17.8. The summed E-state index contributed by atoms with van der Waals surface area (Å²) in [6.07, 6.45) is 2.24. The topological polar surface area (TPSA) is 112 Å². The number of carbonyl (C=O) groups is 2. The van der Waals surface area contributed by atoms with Gasteiger partial charge in [0.1, 0.15) is 36.2 Å². The van der Waals surface area contributed by atoms with Crippen LogP contribution >= 0.6 is 0 Å². The van der Waals surface area contributed by atoms with E-state index in [1.54, 1.807) is 48.5 Å². The SMILES string of the molecule is O=C(Oc1ccc(OCCO)cc1)C1CCC(C(=O)Oc2ccc(OCCO)cc2)CC1. The van der Waals surface area contributed by atoms with Crippen molar-refractivity contribution in [3.63, 3.8) is 0 Å².